The molecule has 0 aromatic heterocycles. The molecule has 0 heterocycles. The Kier molecular flexibility index (Phi) is 8.63. The summed E-state index contributed by atoms with van der Waals surface area (Å²) in [5.41, 5.74) is 23.7. The van der Waals surface area contributed by atoms with Crippen molar-refractivity contribution in [3.8, 4) is 77.9 Å². The summed E-state index contributed by atoms with van der Waals surface area (Å²) in [6.07, 6.45) is 0. The maximum Gasteiger partial charge on any atom is 0.0467 e. The number of fused-ring (bicyclic) bond motifs is 8. The minimum absolute atomic E-state index is 0.292. The number of benzene rings is 11. The Morgan fingerprint density at radius 1 is 0.273 bits per heavy atom. The van der Waals surface area contributed by atoms with Gasteiger partial charge in [-0.25, -0.2) is 0 Å². The summed E-state index contributed by atoms with van der Waals surface area (Å²) in [4.78, 5) is 2.45. The van der Waals surface area contributed by atoms with Crippen LogP contribution in [0, 0.1) is 0 Å². The van der Waals surface area contributed by atoms with Gasteiger partial charge in [-0.05, 0) is 153 Å². The van der Waals surface area contributed by atoms with E-state index < -0.39 is 0 Å². The first kappa shape index (κ1) is 38.2. The summed E-state index contributed by atoms with van der Waals surface area (Å²) in [7, 11) is 0. The lowest BCUT2D eigenvalue weighted by Crippen LogP contribution is -2.17. The SMILES string of the molecule is CC1(C)c2cc(N(c3cccc(-c4ccccc4)c3)c3cccc(-c4ccccc4)c3)ccc2-c2c1cc1c3c(cccc23)-c2c-1c(-c1ccccc1)c1ccccc1c2-c1ccccc1. The van der Waals surface area contributed by atoms with E-state index in [4.69, 9.17) is 0 Å². The van der Waals surface area contributed by atoms with Crippen molar-refractivity contribution in [2.75, 3.05) is 4.90 Å². The number of hydrogen-bond donors (Lipinski definition) is 0. The van der Waals surface area contributed by atoms with Crippen LogP contribution in [-0.4, -0.2) is 0 Å². The molecule has 1 heteroatoms. The van der Waals surface area contributed by atoms with Crippen LogP contribution in [0.2, 0.25) is 0 Å². The number of rotatable bonds is 7. The molecule has 0 atom stereocenters. The summed E-state index contributed by atoms with van der Waals surface area (Å²) in [5, 5.41) is 5.23. The molecule has 0 unspecified atom stereocenters. The zero-order chi connectivity index (χ0) is 43.9. The monoisotopic (exact) mass is 839 g/mol. The molecule has 0 spiro atoms. The highest BCUT2D eigenvalue weighted by molar-refractivity contribution is 6.29. The number of nitrogens with zero attached hydrogens (tertiary/aromatic N) is 1. The molecule has 0 radical (unpaired) electrons. The van der Waals surface area contributed by atoms with Gasteiger partial charge in [0.15, 0.2) is 0 Å². The average Bonchev–Trinajstić information content (AvgIpc) is 3.82. The van der Waals surface area contributed by atoms with Crippen molar-refractivity contribution in [2.45, 2.75) is 19.3 Å². The lowest BCUT2D eigenvalue weighted by molar-refractivity contribution is 0.661. The first-order valence-electron chi connectivity index (χ1n) is 23.1. The van der Waals surface area contributed by atoms with Crippen LogP contribution in [0.1, 0.15) is 25.0 Å². The fraction of sp³-hybridized carbons (Fsp3) is 0.0462. The van der Waals surface area contributed by atoms with E-state index in [-0.39, 0.29) is 5.41 Å². The van der Waals surface area contributed by atoms with Gasteiger partial charge in [0.05, 0.1) is 0 Å². The van der Waals surface area contributed by atoms with Crippen LogP contribution in [0.15, 0.2) is 237 Å². The Bertz CT molecular complexity index is 3620. The van der Waals surface area contributed by atoms with E-state index in [0.29, 0.717) is 0 Å². The van der Waals surface area contributed by atoms with Gasteiger partial charge in [-0.3, -0.25) is 0 Å². The third kappa shape index (κ3) is 5.80. The Morgan fingerprint density at radius 3 is 1.26 bits per heavy atom. The predicted molar refractivity (Wildman–Crippen MR) is 280 cm³/mol. The molecule has 0 amide bonds. The molecule has 13 rings (SSSR count). The molecule has 0 bridgehead atoms. The summed E-state index contributed by atoms with van der Waals surface area (Å²) in [5.74, 6) is 0. The maximum absolute atomic E-state index is 2.58. The van der Waals surface area contributed by atoms with Gasteiger partial charge in [0.1, 0.15) is 0 Å². The molecule has 0 aliphatic heterocycles. The summed E-state index contributed by atoms with van der Waals surface area (Å²) >= 11 is 0. The topological polar surface area (TPSA) is 3.24 Å². The smallest absolute Gasteiger partial charge is 0.0467 e. The lowest BCUT2D eigenvalue weighted by atomic mass is 9.79. The minimum Gasteiger partial charge on any atom is -0.310 e. The second-order valence-corrected chi connectivity index (χ2v) is 18.4. The van der Waals surface area contributed by atoms with Crippen LogP contribution in [0.4, 0.5) is 17.1 Å². The van der Waals surface area contributed by atoms with E-state index in [2.05, 4.69) is 255 Å². The van der Waals surface area contributed by atoms with E-state index >= 15 is 0 Å². The summed E-state index contributed by atoms with van der Waals surface area (Å²) in [6, 6.07) is 87.4. The first-order chi connectivity index (χ1) is 32.5. The Labute approximate surface area is 386 Å². The Morgan fingerprint density at radius 2 is 0.712 bits per heavy atom. The summed E-state index contributed by atoms with van der Waals surface area (Å²) < 4.78 is 0. The molecule has 0 fully saturated rings. The number of anilines is 3. The molecule has 11 aromatic carbocycles. The highest BCUT2D eigenvalue weighted by Gasteiger charge is 2.40. The molecular formula is C65H45N. The predicted octanol–water partition coefficient (Wildman–Crippen LogP) is 18.1. The van der Waals surface area contributed by atoms with E-state index in [9.17, 15) is 0 Å². The highest BCUT2D eigenvalue weighted by Crippen LogP contribution is 2.62. The van der Waals surface area contributed by atoms with Crippen LogP contribution in [0.5, 0.6) is 0 Å². The van der Waals surface area contributed by atoms with E-state index in [1.54, 1.807) is 0 Å². The van der Waals surface area contributed by atoms with Gasteiger partial charge < -0.3 is 4.90 Å². The molecule has 0 N–H and O–H groups in total. The zero-order valence-electron chi connectivity index (χ0n) is 37.0. The lowest BCUT2D eigenvalue weighted by Gasteiger charge is -2.29. The standard InChI is InChI=1S/C65H45N/c1-65(2)57-40-50(66(48-30-17-28-46(38-48)42-20-7-3-8-21-42)49-31-18-29-47(39-49)43-22-9-4-10-23-43)36-37-53(57)62-54-34-19-35-55-61(54)56(41-58(62)65)64-60(45-26-13-6-14-27-45)52-33-16-15-32-51(52)59(63(55)64)44-24-11-5-12-25-44/h3-41H,1-2H3. The largest absolute Gasteiger partial charge is 0.310 e. The second kappa shape index (κ2) is 14.9. The van der Waals surface area contributed by atoms with Crippen LogP contribution < -0.4 is 4.90 Å². The van der Waals surface area contributed by atoms with Gasteiger partial charge in [-0.15, -0.1) is 0 Å². The highest BCUT2D eigenvalue weighted by atomic mass is 15.1. The van der Waals surface area contributed by atoms with Crippen LogP contribution in [0.25, 0.3) is 99.4 Å². The minimum atomic E-state index is -0.292. The second-order valence-electron chi connectivity index (χ2n) is 18.4. The molecule has 310 valence electrons. The van der Waals surface area contributed by atoms with Crippen molar-refractivity contribution in [2.24, 2.45) is 0 Å². The van der Waals surface area contributed by atoms with Crippen molar-refractivity contribution < 1.29 is 0 Å². The third-order valence-electron chi connectivity index (χ3n) is 14.3. The van der Waals surface area contributed by atoms with Crippen molar-refractivity contribution in [1.29, 1.82) is 0 Å². The van der Waals surface area contributed by atoms with Gasteiger partial charge in [0.2, 0.25) is 0 Å². The van der Waals surface area contributed by atoms with Crippen LogP contribution in [0.3, 0.4) is 0 Å². The molecule has 2 aliphatic carbocycles. The van der Waals surface area contributed by atoms with Crippen molar-refractivity contribution in [3.05, 3.63) is 248 Å². The van der Waals surface area contributed by atoms with E-state index in [1.165, 1.54) is 111 Å². The first-order valence-corrected chi connectivity index (χ1v) is 23.1. The van der Waals surface area contributed by atoms with E-state index in [0.717, 1.165) is 17.1 Å². The molecule has 66 heavy (non-hydrogen) atoms. The summed E-state index contributed by atoms with van der Waals surface area (Å²) in [6.45, 7) is 4.87. The maximum atomic E-state index is 2.58. The normalized spacial score (nSPS) is 12.8. The van der Waals surface area contributed by atoms with Crippen LogP contribution >= 0.6 is 0 Å². The Balaban J connectivity index is 1.04. The quantitative estimate of drug-likeness (QED) is 0.155. The number of hydrogen-bond acceptors (Lipinski definition) is 1. The molecule has 0 saturated heterocycles. The molecule has 1 nitrogen and oxygen atoms in total. The zero-order valence-corrected chi connectivity index (χ0v) is 37.0. The van der Waals surface area contributed by atoms with Crippen LogP contribution in [-0.2, 0) is 5.41 Å². The Hall–Kier alpha value is -8.26. The average molecular weight is 840 g/mol. The fourth-order valence-corrected chi connectivity index (χ4v) is 11.4. The van der Waals surface area contributed by atoms with Crippen molar-refractivity contribution in [3.63, 3.8) is 0 Å². The molecule has 0 saturated carbocycles. The van der Waals surface area contributed by atoms with E-state index in [1.807, 2.05) is 0 Å². The van der Waals surface area contributed by atoms with Crippen molar-refractivity contribution >= 4 is 38.6 Å². The fourth-order valence-electron chi connectivity index (χ4n) is 11.4. The van der Waals surface area contributed by atoms with Gasteiger partial charge in [-0.2, -0.15) is 0 Å². The van der Waals surface area contributed by atoms with Gasteiger partial charge in [0, 0.05) is 22.5 Å². The van der Waals surface area contributed by atoms with Gasteiger partial charge in [-0.1, -0.05) is 208 Å². The van der Waals surface area contributed by atoms with Crippen molar-refractivity contribution in [1.82, 2.24) is 0 Å². The van der Waals surface area contributed by atoms with Gasteiger partial charge in [0.25, 0.3) is 0 Å². The molecule has 11 aromatic rings. The third-order valence-corrected chi connectivity index (χ3v) is 14.3. The van der Waals surface area contributed by atoms with Gasteiger partial charge >= 0.3 is 0 Å². The molecule has 2 aliphatic rings. The molecular weight excluding hydrogens is 795 g/mol.